The smallest absolute Gasteiger partial charge is 0.228 e. The Bertz CT molecular complexity index is 553. The molecule has 1 atom stereocenters. The number of benzene rings is 1. The molecule has 0 spiro atoms. The standard InChI is InChI=1S/C17H23N3O2.ClH/c1-13-3-5-15(6-4-13)20-12-14(11-16(20)21)17(22)19-9-2-7-18-8-10-19;/h3-6,14,18H,2,7-12H2,1H3;1H. The molecule has 1 N–H and O–H groups in total. The van der Waals surface area contributed by atoms with Gasteiger partial charge in [-0.3, -0.25) is 9.59 Å². The van der Waals surface area contributed by atoms with Gasteiger partial charge in [-0.1, -0.05) is 17.7 Å². The van der Waals surface area contributed by atoms with Crippen LogP contribution in [0.25, 0.3) is 0 Å². The maximum Gasteiger partial charge on any atom is 0.228 e. The Kier molecular flexibility index (Phi) is 6.02. The number of hydrogen-bond acceptors (Lipinski definition) is 3. The van der Waals surface area contributed by atoms with Gasteiger partial charge in [-0.05, 0) is 32.0 Å². The minimum absolute atomic E-state index is 0. The topological polar surface area (TPSA) is 52.7 Å². The van der Waals surface area contributed by atoms with E-state index in [-0.39, 0.29) is 30.1 Å². The number of aryl methyl sites for hydroxylation is 1. The van der Waals surface area contributed by atoms with Crippen molar-refractivity contribution in [3.63, 3.8) is 0 Å². The summed E-state index contributed by atoms with van der Waals surface area (Å²) in [6, 6.07) is 7.91. The lowest BCUT2D eigenvalue weighted by atomic mass is 10.1. The first-order valence-corrected chi connectivity index (χ1v) is 8.01. The van der Waals surface area contributed by atoms with E-state index >= 15 is 0 Å². The second-order valence-electron chi connectivity index (χ2n) is 6.17. The minimum atomic E-state index is -0.202. The summed E-state index contributed by atoms with van der Waals surface area (Å²) in [5, 5.41) is 3.30. The number of hydrogen-bond donors (Lipinski definition) is 1. The average Bonchev–Trinajstić information content (AvgIpc) is 2.74. The van der Waals surface area contributed by atoms with Gasteiger partial charge in [0.05, 0.1) is 5.92 Å². The van der Waals surface area contributed by atoms with Crippen LogP contribution in [0, 0.1) is 12.8 Å². The van der Waals surface area contributed by atoms with Gasteiger partial charge in [0, 0.05) is 38.3 Å². The zero-order valence-corrected chi connectivity index (χ0v) is 14.3. The van der Waals surface area contributed by atoms with Crippen LogP contribution in [0.4, 0.5) is 5.69 Å². The summed E-state index contributed by atoms with van der Waals surface area (Å²) in [6.07, 6.45) is 1.31. The normalized spacial score (nSPS) is 21.8. The average molecular weight is 338 g/mol. The fraction of sp³-hybridized carbons (Fsp3) is 0.529. The summed E-state index contributed by atoms with van der Waals surface area (Å²) in [6.45, 7) is 5.87. The first kappa shape index (κ1) is 17.8. The van der Waals surface area contributed by atoms with Gasteiger partial charge in [0.25, 0.3) is 0 Å². The lowest BCUT2D eigenvalue weighted by molar-refractivity contribution is -0.135. The second-order valence-corrected chi connectivity index (χ2v) is 6.17. The highest BCUT2D eigenvalue weighted by molar-refractivity contribution is 6.00. The number of halogens is 1. The van der Waals surface area contributed by atoms with E-state index in [1.807, 2.05) is 36.1 Å². The monoisotopic (exact) mass is 337 g/mol. The molecule has 2 saturated heterocycles. The number of anilines is 1. The van der Waals surface area contributed by atoms with Gasteiger partial charge >= 0.3 is 0 Å². The highest BCUT2D eigenvalue weighted by atomic mass is 35.5. The summed E-state index contributed by atoms with van der Waals surface area (Å²) >= 11 is 0. The number of amides is 2. The first-order valence-electron chi connectivity index (χ1n) is 8.01. The number of carbonyl (C=O) groups excluding carboxylic acids is 2. The van der Waals surface area contributed by atoms with Crippen molar-refractivity contribution < 1.29 is 9.59 Å². The van der Waals surface area contributed by atoms with Gasteiger partial charge in [-0.15, -0.1) is 12.4 Å². The molecule has 5 nitrogen and oxygen atoms in total. The maximum atomic E-state index is 12.6. The Labute approximate surface area is 143 Å². The van der Waals surface area contributed by atoms with Crippen LogP contribution >= 0.6 is 12.4 Å². The summed E-state index contributed by atoms with van der Waals surface area (Å²) < 4.78 is 0. The quantitative estimate of drug-likeness (QED) is 0.891. The molecule has 0 aliphatic carbocycles. The van der Waals surface area contributed by atoms with Gasteiger partial charge in [0.2, 0.25) is 11.8 Å². The second kappa shape index (κ2) is 7.79. The van der Waals surface area contributed by atoms with Crippen LogP contribution in [0.15, 0.2) is 24.3 Å². The fourth-order valence-corrected chi connectivity index (χ4v) is 3.17. The van der Waals surface area contributed by atoms with Crippen molar-refractivity contribution in [3.05, 3.63) is 29.8 Å². The summed E-state index contributed by atoms with van der Waals surface area (Å²) in [7, 11) is 0. The van der Waals surface area contributed by atoms with Gasteiger partial charge in [-0.2, -0.15) is 0 Å². The molecule has 1 aromatic carbocycles. The molecule has 2 aliphatic rings. The van der Waals surface area contributed by atoms with Crippen molar-refractivity contribution in [1.29, 1.82) is 0 Å². The number of nitrogens with one attached hydrogen (secondary N) is 1. The third-order valence-corrected chi connectivity index (χ3v) is 4.47. The highest BCUT2D eigenvalue weighted by Crippen LogP contribution is 2.26. The Balaban J connectivity index is 0.00000192. The van der Waals surface area contributed by atoms with Crippen LogP contribution in [-0.2, 0) is 9.59 Å². The first-order chi connectivity index (χ1) is 10.6. The molecule has 2 amide bonds. The van der Waals surface area contributed by atoms with E-state index in [1.54, 1.807) is 4.90 Å². The zero-order chi connectivity index (χ0) is 15.5. The fourth-order valence-electron chi connectivity index (χ4n) is 3.17. The molecule has 2 aliphatic heterocycles. The van der Waals surface area contributed by atoms with Gasteiger partial charge in [0.15, 0.2) is 0 Å². The number of carbonyl (C=O) groups is 2. The van der Waals surface area contributed by atoms with Gasteiger partial charge < -0.3 is 15.1 Å². The van der Waals surface area contributed by atoms with Crippen LogP contribution in [0.2, 0.25) is 0 Å². The van der Waals surface area contributed by atoms with Gasteiger partial charge in [-0.25, -0.2) is 0 Å². The van der Waals surface area contributed by atoms with Crippen molar-refractivity contribution >= 4 is 29.9 Å². The Morgan fingerprint density at radius 3 is 2.65 bits per heavy atom. The molecule has 0 radical (unpaired) electrons. The predicted octanol–water partition coefficient (Wildman–Crippen LogP) is 1.59. The molecule has 126 valence electrons. The van der Waals surface area contributed by atoms with Gasteiger partial charge in [0.1, 0.15) is 0 Å². The van der Waals surface area contributed by atoms with E-state index < -0.39 is 0 Å². The lowest BCUT2D eigenvalue weighted by Gasteiger charge is -2.23. The van der Waals surface area contributed by atoms with Crippen LogP contribution in [0.3, 0.4) is 0 Å². The van der Waals surface area contributed by atoms with Crippen molar-refractivity contribution in [1.82, 2.24) is 10.2 Å². The Morgan fingerprint density at radius 1 is 1.17 bits per heavy atom. The summed E-state index contributed by atoms with van der Waals surface area (Å²) in [4.78, 5) is 28.6. The molecule has 23 heavy (non-hydrogen) atoms. The molecule has 3 rings (SSSR count). The maximum absolute atomic E-state index is 12.6. The Morgan fingerprint density at radius 2 is 1.91 bits per heavy atom. The van der Waals surface area contributed by atoms with Crippen LogP contribution in [0.1, 0.15) is 18.4 Å². The molecular weight excluding hydrogens is 314 g/mol. The number of rotatable bonds is 2. The molecule has 1 unspecified atom stereocenters. The molecule has 0 aromatic heterocycles. The molecule has 2 heterocycles. The van der Waals surface area contributed by atoms with E-state index in [0.29, 0.717) is 13.0 Å². The molecular formula is C17H24ClN3O2. The number of nitrogens with zero attached hydrogens (tertiary/aromatic N) is 2. The largest absolute Gasteiger partial charge is 0.341 e. The molecule has 0 saturated carbocycles. The highest BCUT2D eigenvalue weighted by Gasteiger charge is 2.37. The van der Waals surface area contributed by atoms with E-state index in [1.165, 1.54) is 5.56 Å². The molecule has 6 heteroatoms. The van der Waals surface area contributed by atoms with Crippen LogP contribution < -0.4 is 10.2 Å². The van der Waals surface area contributed by atoms with Crippen molar-refractivity contribution in [3.8, 4) is 0 Å². The molecule has 0 bridgehead atoms. The lowest BCUT2D eigenvalue weighted by Crippen LogP contribution is -2.39. The van der Waals surface area contributed by atoms with E-state index in [4.69, 9.17) is 0 Å². The van der Waals surface area contributed by atoms with E-state index in [2.05, 4.69) is 5.32 Å². The molecule has 2 fully saturated rings. The third kappa shape index (κ3) is 4.03. The van der Waals surface area contributed by atoms with Crippen LogP contribution in [0.5, 0.6) is 0 Å². The SMILES string of the molecule is Cc1ccc(N2CC(C(=O)N3CCCNCC3)CC2=O)cc1.Cl. The van der Waals surface area contributed by atoms with E-state index in [0.717, 1.165) is 38.3 Å². The minimum Gasteiger partial charge on any atom is -0.341 e. The molecule has 1 aromatic rings. The Hall–Kier alpha value is -1.59. The summed E-state index contributed by atoms with van der Waals surface area (Å²) in [5.41, 5.74) is 2.06. The summed E-state index contributed by atoms with van der Waals surface area (Å²) in [5.74, 6) is -0.0197. The van der Waals surface area contributed by atoms with E-state index in [9.17, 15) is 9.59 Å². The predicted molar refractivity (Wildman–Crippen MR) is 93.0 cm³/mol. The van der Waals surface area contributed by atoms with Crippen molar-refractivity contribution in [2.24, 2.45) is 5.92 Å². The van der Waals surface area contributed by atoms with Crippen LogP contribution in [-0.4, -0.2) is 49.4 Å². The zero-order valence-electron chi connectivity index (χ0n) is 13.5. The van der Waals surface area contributed by atoms with Crippen molar-refractivity contribution in [2.45, 2.75) is 19.8 Å². The third-order valence-electron chi connectivity index (χ3n) is 4.47. The van der Waals surface area contributed by atoms with Crippen molar-refractivity contribution in [2.75, 3.05) is 37.6 Å².